The summed E-state index contributed by atoms with van der Waals surface area (Å²) in [7, 11) is 1.57. The van der Waals surface area contributed by atoms with Crippen molar-refractivity contribution >= 4 is 16.9 Å². The minimum Gasteiger partial charge on any atom is -0.507 e. The summed E-state index contributed by atoms with van der Waals surface area (Å²) < 4.78 is 10.7. The van der Waals surface area contributed by atoms with Crippen LogP contribution in [0.2, 0.25) is 0 Å². The molecule has 1 aliphatic heterocycles. The Morgan fingerprint density at radius 3 is 2.86 bits per heavy atom. The van der Waals surface area contributed by atoms with E-state index in [1.165, 1.54) is 0 Å². The van der Waals surface area contributed by atoms with Gasteiger partial charge < -0.3 is 24.9 Å². The van der Waals surface area contributed by atoms with Gasteiger partial charge in [-0.25, -0.2) is 9.97 Å². The Hall–Kier alpha value is -3.95. The SMILES string of the molecule is COc1ncccc1-c1ccc(O)c(-c2nc3ccc(C(=O)NCCN4CCOCC4)cc3[nH]2)c1. The maximum absolute atomic E-state index is 12.7. The number of morpholine rings is 1. The third-order valence-corrected chi connectivity index (χ3v) is 6.09. The number of phenolic OH excluding ortho intramolecular Hbond substituents is 1. The number of imidazole rings is 1. The van der Waals surface area contributed by atoms with Crippen LogP contribution in [-0.2, 0) is 4.74 Å². The molecule has 0 bridgehead atoms. The van der Waals surface area contributed by atoms with Crippen LogP contribution in [0.3, 0.4) is 0 Å². The Morgan fingerprint density at radius 2 is 2.03 bits per heavy atom. The van der Waals surface area contributed by atoms with Gasteiger partial charge in [0, 0.05) is 43.5 Å². The lowest BCUT2D eigenvalue weighted by molar-refractivity contribution is 0.0383. The van der Waals surface area contributed by atoms with E-state index in [1.807, 2.05) is 18.2 Å². The highest BCUT2D eigenvalue weighted by Gasteiger charge is 2.16. The van der Waals surface area contributed by atoms with Gasteiger partial charge in [-0.1, -0.05) is 6.07 Å². The van der Waals surface area contributed by atoms with E-state index in [1.54, 1.807) is 43.6 Å². The fourth-order valence-electron chi connectivity index (χ4n) is 4.20. The molecule has 0 radical (unpaired) electrons. The Bertz CT molecular complexity index is 1350. The van der Waals surface area contributed by atoms with Crippen molar-refractivity contribution in [1.29, 1.82) is 0 Å². The van der Waals surface area contributed by atoms with Crippen LogP contribution in [0.4, 0.5) is 0 Å². The molecule has 2 aromatic carbocycles. The molecule has 1 fully saturated rings. The highest BCUT2D eigenvalue weighted by atomic mass is 16.5. The monoisotopic (exact) mass is 473 g/mol. The quantitative estimate of drug-likeness (QED) is 0.378. The van der Waals surface area contributed by atoms with Gasteiger partial charge in [0.1, 0.15) is 11.6 Å². The van der Waals surface area contributed by atoms with E-state index in [-0.39, 0.29) is 11.7 Å². The lowest BCUT2D eigenvalue weighted by atomic mass is 10.0. The summed E-state index contributed by atoms with van der Waals surface area (Å²) in [6, 6.07) is 14.3. The number of fused-ring (bicyclic) bond motifs is 1. The molecule has 0 aliphatic carbocycles. The molecule has 0 atom stereocenters. The number of benzene rings is 2. The van der Waals surface area contributed by atoms with Crippen LogP contribution in [0.25, 0.3) is 33.5 Å². The first-order chi connectivity index (χ1) is 17.1. The molecule has 2 aromatic heterocycles. The van der Waals surface area contributed by atoms with Gasteiger partial charge in [0.05, 0.1) is 36.9 Å². The van der Waals surface area contributed by atoms with Gasteiger partial charge in [-0.3, -0.25) is 9.69 Å². The van der Waals surface area contributed by atoms with E-state index in [0.29, 0.717) is 40.4 Å². The van der Waals surface area contributed by atoms with Gasteiger partial charge in [0.25, 0.3) is 5.91 Å². The molecular formula is C26H27N5O4. The van der Waals surface area contributed by atoms with Gasteiger partial charge in [0.2, 0.25) is 5.88 Å². The van der Waals surface area contributed by atoms with E-state index in [4.69, 9.17) is 9.47 Å². The highest BCUT2D eigenvalue weighted by Crippen LogP contribution is 2.35. The van der Waals surface area contributed by atoms with Crippen molar-refractivity contribution in [3.05, 3.63) is 60.3 Å². The topological polar surface area (TPSA) is 113 Å². The molecular weight excluding hydrogens is 446 g/mol. The van der Waals surface area contributed by atoms with Crippen LogP contribution >= 0.6 is 0 Å². The van der Waals surface area contributed by atoms with Gasteiger partial charge in [-0.05, 0) is 48.0 Å². The van der Waals surface area contributed by atoms with E-state index >= 15 is 0 Å². The molecule has 0 unspecified atom stereocenters. The standard InChI is InChI=1S/C26H27N5O4/c1-34-26-19(3-2-8-28-26)17-5-7-23(32)20(15-17)24-29-21-6-4-18(16-22(21)30-24)25(33)27-9-10-31-11-13-35-14-12-31/h2-8,15-16,32H,9-14H2,1H3,(H,27,33)(H,29,30). The molecule has 3 N–H and O–H groups in total. The number of ether oxygens (including phenoxy) is 2. The van der Waals surface area contributed by atoms with Crippen LogP contribution in [0.15, 0.2) is 54.7 Å². The number of hydrogen-bond donors (Lipinski definition) is 3. The largest absolute Gasteiger partial charge is 0.507 e. The molecule has 9 heteroatoms. The summed E-state index contributed by atoms with van der Waals surface area (Å²) in [6.07, 6.45) is 1.67. The fraction of sp³-hybridized carbons (Fsp3) is 0.269. The number of aromatic nitrogens is 3. The van der Waals surface area contributed by atoms with Crippen molar-refractivity contribution in [3.8, 4) is 34.1 Å². The summed E-state index contributed by atoms with van der Waals surface area (Å²) in [6.45, 7) is 4.62. The summed E-state index contributed by atoms with van der Waals surface area (Å²) in [5.41, 5.74) is 4.15. The number of carbonyl (C=O) groups is 1. The molecule has 1 amide bonds. The molecule has 1 aliphatic rings. The number of aromatic amines is 1. The van der Waals surface area contributed by atoms with E-state index in [2.05, 4.69) is 25.2 Å². The number of pyridine rings is 1. The van der Waals surface area contributed by atoms with Crippen molar-refractivity contribution in [2.75, 3.05) is 46.5 Å². The van der Waals surface area contributed by atoms with Crippen molar-refractivity contribution in [3.63, 3.8) is 0 Å². The first-order valence-electron chi connectivity index (χ1n) is 11.5. The van der Waals surface area contributed by atoms with Crippen molar-refractivity contribution in [2.45, 2.75) is 0 Å². The number of hydrogen-bond acceptors (Lipinski definition) is 7. The number of aromatic hydroxyl groups is 1. The lowest BCUT2D eigenvalue weighted by Gasteiger charge is -2.26. The molecule has 1 saturated heterocycles. The molecule has 5 rings (SSSR count). The Morgan fingerprint density at radius 1 is 1.17 bits per heavy atom. The number of nitrogens with one attached hydrogen (secondary N) is 2. The van der Waals surface area contributed by atoms with Crippen LogP contribution in [0.1, 0.15) is 10.4 Å². The van der Waals surface area contributed by atoms with Crippen LogP contribution in [-0.4, -0.2) is 77.4 Å². The number of carbonyl (C=O) groups excluding carboxylic acids is 1. The zero-order chi connectivity index (χ0) is 24.2. The first kappa shape index (κ1) is 22.8. The highest BCUT2D eigenvalue weighted by molar-refractivity contribution is 5.97. The Labute approximate surface area is 202 Å². The zero-order valence-corrected chi connectivity index (χ0v) is 19.5. The summed E-state index contributed by atoms with van der Waals surface area (Å²) in [4.78, 5) is 27.1. The summed E-state index contributed by atoms with van der Waals surface area (Å²) >= 11 is 0. The second kappa shape index (κ2) is 10.1. The predicted molar refractivity (Wildman–Crippen MR) is 133 cm³/mol. The van der Waals surface area contributed by atoms with Crippen molar-refractivity contribution in [1.82, 2.24) is 25.2 Å². The number of methoxy groups -OCH3 is 1. The predicted octanol–water partition coefficient (Wildman–Crippen LogP) is 3.07. The second-order valence-corrected chi connectivity index (χ2v) is 8.32. The van der Waals surface area contributed by atoms with E-state index in [9.17, 15) is 9.90 Å². The number of H-pyrrole nitrogens is 1. The molecule has 180 valence electrons. The molecule has 0 saturated carbocycles. The third-order valence-electron chi connectivity index (χ3n) is 6.09. The van der Waals surface area contributed by atoms with Crippen LogP contribution in [0.5, 0.6) is 11.6 Å². The molecule has 35 heavy (non-hydrogen) atoms. The van der Waals surface area contributed by atoms with Gasteiger partial charge in [-0.2, -0.15) is 0 Å². The van der Waals surface area contributed by atoms with Gasteiger partial charge in [0.15, 0.2) is 0 Å². The third kappa shape index (κ3) is 4.96. The van der Waals surface area contributed by atoms with Crippen molar-refractivity contribution < 1.29 is 19.4 Å². The van der Waals surface area contributed by atoms with Crippen LogP contribution in [0, 0.1) is 0 Å². The maximum atomic E-state index is 12.7. The minimum absolute atomic E-state index is 0.0942. The average Bonchev–Trinajstić information content (AvgIpc) is 3.33. The van der Waals surface area contributed by atoms with E-state index < -0.39 is 0 Å². The van der Waals surface area contributed by atoms with E-state index in [0.717, 1.165) is 44.0 Å². The Kier molecular flexibility index (Phi) is 6.60. The lowest BCUT2D eigenvalue weighted by Crippen LogP contribution is -2.41. The molecule has 4 aromatic rings. The summed E-state index contributed by atoms with van der Waals surface area (Å²) in [5.74, 6) is 0.965. The van der Waals surface area contributed by atoms with Gasteiger partial charge >= 0.3 is 0 Å². The van der Waals surface area contributed by atoms with Crippen molar-refractivity contribution in [2.24, 2.45) is 0 Å². The smallest absolute Gasteiger partial charge is 0.251 e. The number of nitrogens with zero attached hydrogens (tertiary/aromatic N) is 3. The molecule has 9 nitrogen and oxygen atoms in total. The maximum Gasteiger partial charge on any atom is 0.251 e. The molecule has 3 heterocycles. The Balaban J connectivity index is 1.36. The average molecular weight is 474 g/mol. The number of phenols is 1. The first-order valence-corrected chi connectivity index (χ1v) is 11.5. The number of rotatable bonds is 7. The molecule has 0 spiro atoms. The van der Waals surface area contributed by atoms with Gasteiger partial charge in [-0.15, -0.1) is 0 Å². The van der Waals surface area contributed by atoms with Crippen LogP contribution < -0.4 is 10.1 Å². The summed E-state index contributed by atoms with van der Waals surface area (Å²) in [5, 5.41) is 13.5. The second-order valence-electron chi connectivity index (χ2n) is 8.32. The minimum atomic E-state index is -0.134. The fourth-order valence-corrected chi connectivity index (χ4v) is 4.20. The number of amides is 1. The zero-order valence-electron chi connectivity index (χ0n) is 19.5. The normalized spacial score (nSPS) is 14.2.